The predicted molar refractivity (Wildman–Crippen MR) is 168 cm³/mol. The van der Waals surface area contributed by atoms with E-state index < -0.39 is 12.1 Å². The highest BCUT2D eigenvalue weighted by Gasteiger charge is 2.48. The summed E-state index contributed by atoms with van der Waals surface area (Å²) in [7, 11) is 0. The number of carbonyl (C=O) groups is 2. The van der Waals surface area contributed by atoms with E-state index in [2.05, 4.69) is 49.6 Å². The lowest BCUT2D eigenvalue weighted by molar-refractivity contribution is -0.147. The van der Waals surface area contributed by atoms with Gasteiger partial charge < -0.3 is 23.7 Å². The zero-order valence-electron chi connectivity index (χ0n) is 25.2. The number of unbranched alkanes of at least 4 members (excludes halogenated alkanes) is 3. The third kappa shape index (κ3) is 9.80. The van der Waals surface area contributed by atoms with Crippen LogP contribution in [0.2, 0.25) is 0 Å². The second kappa shape index (κ2) is 16.1. The topological polar surface area (TPSA) is 80.3 Å². The van der Waals surface area contributed by atoms with Gasteiger partial charge in [0.1, 0.15) is 11.9 Å². The van der Waals surface area contributed by atoms with Crippen LogP contribution in [0, 0.1) is 5.92 Å². The van der Waals surface area contributed by atoms with Gasteiger partial charge in [-0.15, -0.1) is 0 Å². The first-order chi connectivity index (χ1) is 20.8. The van der Waals surface area contributed by atoms with Crippen molar-refractivity contribution in [2.24, 2.45) is 5.92 Å². The van der Waals surface area contributed by atoms with E-state index in [-0.39, 0.29) is 24.1 Å². The van der Waals surface area contributed by atoms with Crippen molar-refractivity contribution in [1.82, 2.24) is 0 Å². The predicted octanol–water partition coefficient (Wildman–Crippen LogP) is 6.83. The van der Waals surface area contributed by atoms with Crippen LogP contribution < -0.4 is 4.74 Å². The molecule has 7 nitrogen and oxygen atoms in total. The second-order valence-electron chi connectivity index (χ2n) is 11.1. The van der Waals surface area contributed by atoms with Crippen LogP contribution in [0.4, 0.5) is 0 Å². The lowest BCUT2D eigenvalue weighted by atomic mass is 9.99. The minimum absolute atomic E-state index is 0.101. The Kier molecular flexibility index (Phi) is 11.9. The Balaban J connectivity index is 1.13. The van der Waals surface area contributed by atoms with Gasteiger partial charge in [-0.25, -0.2) is 9.59 Å². The summed E-state index contributed by atoms with van der Waals surface area (Å²) in [6.45, 7) is 13.1. The molecule has 4 atom stereocenters. The van der Waals surface area contributed by atoms with Crippen LogP contribution in [-0.2, 0) is 28.5 Å². The van der Waals surface area contributed by atoms with Gasteiger partial charge in [0.05, 0.1) is 32.5 Å². The Morgan fingerprint density at radius 3 is 2.19 bits per heavy atom. The SMILES string of the molecule is C=C(C)C(=O)OCCCCCCOc1ccc(/C=C/C(=O)O[C@@H]2CO[C@H]3[C@@H]2OC[C@@H]3C=Cc2ccc(C(=C)C)cc2)cc1. The number of fused-ring (bicyclic) bond motifs is 1. The number of allylic oxidation sites excluding steroid dienone is 1. The van der Waals surface area contributed by atoms with Crippen molar-refractivity contribution in [2.75, 3.05) is 26.4 Å². The summed E-state index contributed by atoms with van der Waals surface area (Å²) in [6, 6.07) is 15.8. The molecule has 4 rings (SSSR count). The number of esters is 2. The molecule has 0 amide bonds. The van der Waals surface area contributed by atoms with Crippen LogP contribution in [0.15, 0.2) is 79.4 Å². The summed E-state index contributed by atoms with van der Waals surface area (Å²) in [5.74, 6) is 0.113. The van der Waals surface area contributed by atoms with E-state index >= 15 is 0 Å². The van der Waals surface area contributed by atoms with Gasteiger partial charge >= 0.3 is 11.9 Å². The minimum Gasteiger partial charge on any atom is -0.494 e. The molecule has 0 N–H and O–H groups in total. The van der Waals surface area contributed by atoms with Gasteiger partial charge in [0.15, 0.2) is 6.10 Å². The quantitative estimate of drug-likeness (QED) is 0.129. The maximum Gasteiger partial charge on any atom is 0.333 e. The third-order valence-corrected chi connectivity index (χ3v) is 7.43. The average molecular weight is 587 g/mol. The lowest BCUT2D eigenvalue weighted by Gasteiger charge is -2.15. The Hall–Kier alpha value is -3.94. The summed E-state index contributed by atoms with van der Waals surface area (Å²) >= 11 is 0. The van der Waals surface area contributed by atoms with Crippen LogP contribution in [0.1, 0.15) is 56.2 Å². The number of rotatable bonds is 15. The molecule has 2 aliphatic rings. The number of hydrogen-bond acceptors (Lipinski definition) is 7. The molecule has 2 aromatic rings. The van der Waals surface area contributed by atoms with E-state index in [1.165, 1.54) is 6.08 Å². The fourth-order valence-corrected chi connectivity index (χ4v) is 4.94. The third-order valence-electron chi connectivity index (χ3n) is 7.43. The number of benzene rings is 2. The molecule has 228 valence electrons. The van der Waals surface area contributed by atoms with Gasteiger partial charge in [0, 0.05) is 17.6 Å². The van der Waals surface area contributed by atoms with Crippen LogP contribution in [0.5, 0.6) is 5.75 Å². The smallest absolute Gasteiger partial charge is 0.333 e. The van der Waals surface area contributed by atoms with Crippen LogP contribution in [-0.4, -0.2) is 56.7 Å². The summed E-state index contributed by atoms with van der Waals surface area (Å²) in [5.41, 5.74) is 4.56. The highest BCUT2D eigenvalue weighted by molar-refractivity contribution is 5.87. The first kappa shape index (κ1) is 32.0. The molecule has 2 heterocycles. The molecule has 0 radical (unpaired) electrons. The van der Waals surface area contributed by atoms with Crippen molar-refractivity contribution in [2.45, 2.75) is 57.8 Å². The van der Waals surface area contributed by atoms with E-state index in [0.29, 0.717) is 32.0 Å². The Bertz CT molecular complexity index is 1310. The number of hydrogen-bond donors (Lipinski definition) is 0. The molecule has 2 aliphatic heterocycles. The zero-order chi connectivity index (χ0) is 30.6. The van der Waals surface area contributed by atoms with E-state index in [1.807, 2.05) is 31.2 Å². The molecule has 0 saturated carbocycles. The van der Waals surface area contributed by atoms with Crippen molar-refractivity contribution >= 4 is 29.7 Å². The van der Waals surface area contributed by atoms with E-state index in [4.69, 9.17) is 23.7 Å². The monoisotopic (exact) mass is 586 g/mol. The summed E-state index contributed by atoms with van der Waals surface area (Å²) in [5, 5.41) is 0. The van der Waals surface area contributed by atoms with Crippen molar-refractivity contribution < 1.29 is 33.3 Å². The molecular weight excluding hydrogens is 544 g/mol. The van der Waals surface area contributed by atoms with E-state index in [1.54, 1.807) is 13.0 Å². The zero-order valence-corrected chi connectivity index (χ0v) is 25.2. The van der Waals surface area contributed by atoms with Gasteiger partial charge in [-0.1, -0.05) is 67.3 Å². The molecular formula is C36H42O7. The molecule has 0 spiro atoms. The molecule has 0 unspecified atom stereocenters. The van der Waals surface area contributed by atoms with Gasteiger partial charge in [0.2, 0.25) is 0 Å². The summed E-state index contributed by atoms with van der Waals surface area (Å²) in [4.78, 5) is 23.9. The molecule has 0 aliphatic carbocycles. The normalized spacial score (nSPS) is 21.2. The van der Waals surface area contributed by atoms with E-state index in [0.717, 1.165) is 53.7 Å². The van der Waals surface area contributed by atoms with Gasteiger partial charge in [-0.05, 0) is 74.4 Å². The number of ether oxygens (including phenoxy) is 5. The molecule has 2 fully saturated rings. The average Bonchev–Trinajstić information content (AvgIpc) is 3.59. The van der Waals surface area contributed by atoms with Gasteiger partial charge in [0.25, 0.3) is 0 Å². The molecule has 2 aromatic carbocycles. The fourth-order valence-electron chi connectivity index (χ4n) is 4.94. The summed E-state index contributed by atoms with van der Waals surface area (Å²) < 4.78 is 28.5. The van der Waals surface area contributed by atoms with Crippen molar-refractivity contribution in [3.05, 3.63) is 96.1 Å². The first-order valence-electron chi connectivity index (χ1n) is 14.9. The summed E-state index contributed by atoms with van der Waals surface area (Å²) in [6.07, 6.45) is 10.2. The maximum atomic E-state index is 12.5. The standard InChI is InChI=1S/C36H42O7/c1-25(2)29-15-9-27(10-16-29)11-17-30-23-41-35-32(24-42-34(30)35)43-33(37)20-14-28-12-18-31(19-13-28)39-21-7-5-6-8-22-40-36(38)26(3)4/h9-20,30,32,34-35H,1,3,5-8,21-24H2,2,4H3/b17-11?,20-14+/t30-,32+,34+,35+/m0/s1. The molecule has 0 aromatic heterocycles. The van der Waals surface area contributed by atoms with Crippen LogP contribution in [0.3, 0.4) is 0 Å². The fraction of sp³-hybridized carbons (Fsp3) is 0.389. The van der Waals surface area contributed by atoms with Crippen molar-refractivity contribution in [3.63, 3.8) is 0 Å². The first-order valence-corrected chi connectivity index (χ1v) is 14.9. The van der Waals surface area contributed by atoms with E-state index in [9.17, 15) is 9.59 Å². The van der Waals surface area contributed by atoms with Gasteiger partial charge in [-0.2, -0.15) is 0 Å². The Labute approximate surface area is 254 Å². The highest BCUT2D eigenvalue weighted by atomic mass is 16.6. The van der Waals surface area contributed by atoms with Crippen molar-refractivity contribution in [1.29, 1.82) is 0 Å². The maximum absolute atomic E-state index is 12.5. The van der Waals surface area contributed by atoms with Gasteiger partial charge in [-0.3, -0.25) is 0 Å². The Morgan fingerprint density at radius 2 is 1.49 bits per heavy atom. The number of carbonyl (C=O) groups excluding carboxylic acids is 2. The molecule has 43 heavy (non-hydrogen) atoms. The van der Waals surface area contributed by atoms with Crippen molar-refractivity contribution in [3.8, 4) is 5.75 Å². The highest BCUT2D eigenvalue weighted by Crippen LogP contribution is 2.34. The lowest BCUT2D eigenvalue weighted by Crippen LogP contribution is -2.32. The van der Waals surface area contributed by atoms with Crippen LogP contribution >= 0.6 is 0 Å². The second-order valence-corrected chi connectivity index (χ2v) is 11.1. The van der Waals surface area contributed by atoms with Crippen LogP contribution in [0.25, 0.3) is 17.7 Å². The Morgan fingerprint density at radius 1 is 0.837 bits per heavy atom. The molecule has 2 saturated heterocycles. The molecule has 7 heteroatoms. The largest absolute Gasteiger partial charge is 0.494 e. The minimum atomic E-state index is -0.433. The molecule has 0 bridgehead atoms.